The van der Waals surface area contributed by atoms with Gasteiger partial charge in [0.15, 0.2) is 5.76 Å². The van der Waals surface area contributed by atoms with Gasteiger partial charge in [-0.1, -0.05) is 35.0 Å². The highest BCUT2D eigenvalue weighted by Crippen LogP contribution is 2.53. The van der Waals surface area contributed by atoms with Crippen LogP contribution in [-0.2, 0) is 12.1 Å². The number of rotatable bonds is 3. The molecule has 0 radical (unpaired) electrons. The Morgan fingerprint density at radius 2 is 1.42 bits per heavy atom. The van der Waals surface area contributed by atoms with Crippen LogP contribution in [0.2, 0.25) is 0 Å². The highest BCUT2D eigenvalue weighted by atomic mass is 19.4. The van der Waals surface area contributed by atoms with Crippen LogP contribution in [0.4, 0.5) is 39.5 Å². The van der Waals surface area contributed by atoms with E-state index in [1.807, 2.05) is 0 Å². The normalized spacial score (nSPS) is 13.0. The fourth-order valence-corrected chi connectivity index (χ4v) is 2.91. The number of nitrogens with zero attached hydrogens (tertiary/aromatic N) is 2. The van der Waals surface area contributed by atoms with Gasteiger partial charge in [-0.15, -0.1) is 0 Å². The zero-order valence-electron chi connectivity index (χ0n) is 15.6. The third kappa shape index (κ3) is 3.98. The predicted molar refractivity (Wildman–Crippen MR) is 89.6 cm³/mol. The number of aromatic nitrogens is 2. The summed E-state index contributed by atoms with van der Waals surface area (Å²) in [7, 11) is 0. The average Bonchev–Trinajstić information content (AvgIpc) is 3.05. The molecule has 0 aliphatic rings. The van der Waals surface area contributed by atoms with Crippen LogP contribution in [0.5, 0.6) is 0 Å². The molecule has 0 unspecified atom stereocenters. The first kappa shape index (κ1) is 22.6. The molecule has 2 aromatic heterocycles. The van der Waals surface area contributed by atoms with Crippen molar-refractivity contribution in [1.29, 1.82) is 0 Å². The molecule has 0 aliphatic carbocycles. The van der Waals surface area contributed by atoms with Gasteiger partial charge in [-0.3, -0.25) is 0 Å². The van der Waals surface area contributed by atoms with Gasteiger partial charge >= 0.3 is 18.3 Å². The second kappa shape index (κ2) is 7.27. The fourth-order valence-electron chi connectivity index (χ4n) is 2.91. The summed E-state index contributed by atoms with van der Waals surface area (Å²) < 4.78 is 128. The summed E-state index contributed by atoms with van der Waals surface area (Å²) in [4.78, 5) is 3.11. The summed E-state index contributed by atoms with van der Waals surface area (Å²) >= 11 is 0. The number of aryl methyl sites for hydroxylation is 2. The zero-order chi connectivity index (χ0) is 23.4. The lowest BCUT2D eigenvalue weighted by Gasteiger charge is -2.26. The molecule has 12 heteroatoms. The molecule has 0 spiro atoms. The Kier molecular flexibility index (Phi) is 5.31. The molecule has 166 valence electrons. The lowest BCUT2D eigenvalue weighted by molar-refractivity contribution is -0.291. The zero-order valence-corrected chi connectivity index (χ0v) is 15.6. The van der Waals surface area contributed by atoms with Crippen molar-refractivity contribution in [3.63, 3.8) is 0 Å². The van der Waals surface area contributed by atoms with Gasteiger partial charge in [-0.05, 0) is 13.8 Å². The van der Waals surface area contributed by atoms with E-state index in [1.54, 1.807) is 6.92 Å². The van der Waals surface area contributed by atoms with Gasteiger partial charge in [0.2, 0.25) is 5.95 Å². The first-order valence-corrected chi connectivity index (χ1v) is 8.41. The minimum atomic E-state index is -6.48. The molecule has 3 nitrogen and oxygen atoms in total. The van der Waals surface area contributed by atoms with Crippen LogP contribution >= 0.6 is 0 Å². The Labute approximate surface area is 168 Å². The molecule has 1 aromatic carbocycles. The molecule has 0 fully saturated rings. The van der Waals surface area contributed by atoms with Crippen molar-refractivity contribution < 1.29 is 44.0 Å². The molecule has 0 saturated carbocycles. The van der Waals surface area contributed by atoms with Crippen LogP contribution in [0.1, 0.15) is 22.4 Å². The number of hydrogen-bond acceptors (Lipinski definition) is 3. The number of hydrogen-bond donors (Lipinski definition) is 0. The van der Waals surface area contributed by atoms with Gasteiger partial charge in [0.1, 0.15) is 5.56 Å². The van der Waals surface area contributed by atoms with Crippen molar-refractivity contribution >= 4 is 0 Å². The Balaban J connectivity index is 2.57. The van der Waals surface area contributed by atoms with E-state index in [0.717, 1.165) is 6.07 Å². The average molecular weight is 454 g/mol. The SMILES string of the molecule is Cc1ccc(-c2nc(F)c(C(F)(F)F)c(C(F)(F)C(F)(F)F)c2-c2cc(C)no2)cc1. The maximum Gasteiger partial charge on any atom is 0.458 e. The van der Waals surface area contributed by atoms with Crippen molar-refractivity contribution in [1.82, 2.24) is 10.1 Å². The number of pyridine rings is 1. The van der Waals surface area contributed by atoms with Gasteiger partial charge in [-0.25, -0.2) is 4.98 Å². The Morgan fingerprint density at radius 1 is 0.839 bits per heavy atom. The molecule has 31 heavy (non-hydrogen) atoms. The van der Waals surface area contributed by atoms with Crippen LogP contribution in [0.3, 0.4) is 0 Å². The van der Waals surface area contributed by atoms with E-state index in [1.165, 1.54) is 31.2 Å². The van der Waals surface area contributed by atoms with Gasteiger partial charge in [0, 0.05) is 11.6 Å². The summed E-state index contributed by atoms with van der Waals surface area (Å²) in [5, 5.41) is 3.34. The lowest BCUT2D eigenvalue weighted by atomic mass is 9.90. The van der Waals surface area contributed by atoms with Gasteiger partial charge in [0.25, 0.3) is 0 Å². The van der Waals surface area contributed by atoms with E-state index in [-0.39, 0.29) is 11.3 Å². The number of benzene rings is 1. The van der Waals surface area contributed by atoms with Crippen LogP contribution in [-0.4, -0.2) is 16.3 Å². The third-order valence-corrected chi connectivity index (χ3v) is 4.31. The van der Waals surface area contributed by atoms with Gasteiger partial charge < -0.3 is 4.52 Å². The van der Waals surface area contributed by atoms with E-state index >= 15 is 0 Å². The van der Waals surface area contributed by atoms with Gasteiger partial charge in [0.05, 0.1) is 22.5 Å². The van der Waals surface area contributed by atoms with Gasteiger partial charge in [-0.2, -0.15) is 39.5 Å². The maximum atomic E-state index is 14.5. The lowest BCUT2D eigenvalue weighted by Crippen LogP contribution is -2.37. The smallest absolute Gasteiger partial charge is 0.356 e. The van der Waals surface area contributed by atoms with Crippen molar-refractivity contribution in [2.45, 2.75) is 32.1 Å². The van der Waals surface area contributed by atoms with Crippen molar-refractivity contribution in [2.75, 3.05) is 0 Å². The monoisotopic (exact) mass is 454 g/mol. The highest BCUT2D eigenvalue weighted by molar-refractivity contribution is 5.82. The summed E-state index contributed by atoms with van der Waals surface area (Å²) in [5.74, 6) is -9.48. The molecular weight excluding hydrogens is 443 g/mol. The molecule has 0 aliphatic heterocycles. The fraction of sp³-hybridized carbons (Fsp3) is 0.263. The van der Waals surface area contributed by atoms with E-state index in [0.29, 0.717) is 5.56 Å². The largest absolute Gasteiger partial charge is 0.458 e. The molecule has 3 aromatic rings. The summed E-state index contributed by atoms with van der Waals surface area (Å²) in [6.07, 6.45) is -12.4. The van der Waals surface area contributed by atoms with Crippen molar-refractivity contribution in [3.8, 4) is 22.6 Å². The molecular formula is C19H11F9N2O. The molecule has 3 rings (SSSR count). The van der Waals surface area contributed by atoms with E-state index in [4.69, 9.17) is 4.52 Å². The first-order chi connectivity index (χ1) is 14.1. The third-order valence-electron chi connectivity index (χ3n) is 4.31. The van der Waals surface area contributed by atoms with Crippen LogP contribution in [0.25, 0.3) is 22.6 Å². The minimum Gasteiger partial charge on any atom is -0.356 e. The first-order valence-electron chi connectivity index (χ1n) is 8.41. The standard InChI is InChI=1S/C19H11F9N2O/c1-8-3-5-10(6-4-8)15-12(11-7-9(2)30-31-11)13(17(21,22)19(26,27)28)14(16(20)29-15)18(23,24)25/h3-7H,1-2H3. The van der Waals surface area contributed by atoms with E-state index in [2.05, 4.69) is 10.1 Å². The molecule has 0 amide bonds. The number of alkyl halides is 8. The van der Waals surface area contributed by atoms with Crippen LogP contribution in [0, 0.1) is 19.8 Å². The molecule has 0 N–H and O–H groups in total. The topological polar surface area (TPSA) is 38.9 Å². The van der Waals surface area contributed by atoms with Crippen molar-refractivity contribution in [2.24, 2.45) is 0 Å². The Bertz CT molecular complexity index is 1110. The van der Waals surface area contributed by atoms with E-state index < -0.39 is 52.4 Å². The number of halogens is 9. The Hall–Kier alpha value is -3.05. The summed E-state index contributed by atoms with van der Waals surface area (Å²) in [5.41, 5.74) is -7.33. The van der Waals surface area contributed by atoms with Crippen molar-refractivity contribution in [3.05, 3.63) is 58.7 Å². The minimum absolute atomic E-state index is 0.0241. The highest BCUT2D eigenvalue weighted by Gasteiger charge is 2.63. The second-order valence-electron chi connectivity index (χ2n) is 6.64. The second-order valence-corrected chi connectivity index (χ2v) is 6.64. The quantitative estimate of drug-likeness (QED) is 0.322. The van der Waals surface area contributed by atoms with Crippen LogP contribution < -0.4 is 0 Å². The molecule has 0 atom stereocenters. The van der Waals surface area contributed by atoms with Crippen LogP contribution in [0.15, 0.2) is 34.9 Å². The predicted octanol–water partition coefficient (Wildman–Crippen LogP) is 6.83. The Morgan fingerprint density at radius 3 is 1.87 bits per heavy atom. The van der Waals surface area contributed by atoms with E-state index in [9.17, 15) is 39.5 Å². The molecule has 0 bridgehead atoms. The maximum absolute atomic E-state index is 14.5. The summed E-state index contributed by atoms with van der Waals surface area (Å²) in [6.45, 7) is 2.89. The molecule has 0 saturated heterocycles. The summed E-state index contributed by atoms with van der Waals surface area (Å²) in [6, 6.07) is 6.01. The molecule has 2 heterocycles.